The number of carbonyl (C=O) groups is 1. The predicted octanol–water partition coefficient (Wildman–Crippen LogP) is 4.10. The summed E-state index contributed by atoms with van der Waals surface area (Å²) in [4.78, 5) is 12.3. The minimum atomic E-state index is -0.0257. The number of benzene rings is 1. The zero-order chi connectivity index (χ0) is 16.3. The van der Waals surface area contributed by atoms with Crippen molar-refractivity contribution in [2.75, 3.05) is 5.32 Å². The smallest absolute Gasteiger partial charge is 0.228 e. The summed E-state index contributed by atoms with van der Waals surface area (Å²) in [6.07, 6.45) is 0.344. The first-order valence-electron chi connectivity index (χ1n) is 7.45. The number of hydrogen-bond donors (Lipinski definition) is 1. The van der Waals surface area contributed by atoms with Gasteiger partial charge in [0.1, 0.15) is 0 Å². The van der Waals surface area contributed by atoms with Gasteiger partial charge in [-0.25, -0.2) is 0 Å². The quantitative estimate of drug-likeness (QED) is 0.868. The van der Waals surface area contributed by atoms with Gasteiger partial charge in [-0.2, -0.15) is 5.10 Å². The molecule has 0 saturated heterocycles. The molecule has 0 aliphatic carbocycles. The van der Waals surface area contributed by atoms with Gasteiger partial charge in [0.15, 0.2) is 0 Å². The highest BCUT2D eigenvalue weighted by atomic mass is 79.9. The van der Waals surface area contributed by atoms with E-state index in [1.807, 2.05) is 42.8 Å². The molecule has 2 aromatic rings. The molecule has 22 heavy (non-hydrogen) atoms. The van der Waals surface area contributed by atoms with Crippen LogP contribution in [0.3, 0.4) is 0 Å². The van der Waals surface area contributed by atoms with E-state index in [1.54, 1.807) is 0 Å². The molecule has 1 N–H and O–H groups in total. The van der Waals surface area contributed by atoms with Crippen LogP contribution in [0.4, 0.5) is 5.69 Å². The Bertz CT molecular complexity index is 677. The summed E-state index contributed by atoms with van der Waals surface area (Å²) in [5.74, 6) is 0.502. The van der Waals surface area contributed by atoms with Gasteiger partial charge in [-0.3, -0.25) is 9.48 Å². The number of nitrogens with one attached hydrogen (secondary N) is 1. The fourth-order valence-corrected chi connectivity index (χ4v) is 2.81. The number of para-hydroxylation sites is 1. The van der Waals surface area contributed by atoms with Gasteiger partial charge in [0.25, 0.3) is 0 Å². The summed E-state index contributed by atoms with van der Waals surface area (Å²) in [7, 11) is 0. The highest BCUT2D eigenvalue weighted by molar-refractivity contribution is 9.10. The molecule has 118 valence electrons. The Morgan fingerprint density at radius 1 is 1.32 bits per heavy atom. The predicted molar refractivity (Wildman–Crippen MR) is 93.0 cm³/mol. The van der Waals surface area contributed by atoms with Crippen LogP contribution in [-0.2, 0) is 17.8 Å². The van der Waals surface area contributed by atoms with Crippen LogP contribution in [0.25, 0.3) is 0 Å². The summed E-state index contributed by atoms with van der Waals surface area (Å²) >= 11 is 3.44. The van der Waals surface area contributed by atoms with E-state index >= 15 is 0 Å². The molecule has 0 radical (unpaired) electrons. The highest BCUT2D eigenvalue weighted by Gasteiger charge is 2.16. The molecule has 1 aromatic carbocycles. The Morgan fingerprint density at radius 3 is 2.64 bits per heavy atom. The van der Waals surface area contributed by atoms with Gasteiger partial charge < -0.3 is 5.32 Å². The molecule has 0 saturated carbocycles. The van der Waals surface area contributed by atoms with Crippen molar-refractivity contribution in [3.8, 4) is 0 Å². The van der Waals surface area contributed by atoms with Gasteiger partial charge in [0.05, 0.1) is 17.8 Å². The van der Waals surface area contributed by atoms with E-state index in [0.717, 1.165) is 33.7 Å². The number of carbonyl (C=O) groups excluding carboxylic acids is 1. The number of aromatic nitrogens is 2. The summed E-state index contributed by atoms with van der Waals surface area (Å²) in [5, 5.41) is 7.50. The lowest BCUT2D eigenvalue weighted by atomic mass is 10.1. The van der Waals surface area contributed by atoms with Crippen LogP contribution in [0.15, 0.2) is 28.7 Å². The third kappa shape index (κ3) is 3.97. The summed E-state index contributed by atoms with van der Waals surface area (Å²) in [5.41, 5.74) is 3.82. The Morgan fingerprint density at radius 2 is 2.00 bits per heavy atom. The van der Waals surface area contributed by atoms with Gasteiger partial charge in [-0.05, 0) is 47.8 Å². The first-order valence-corrected chi connectivity index (χ1v) is 8.25. The maximum atomic E-state index is 12.3. The van der Waals surface area contributed by atoms with Gasteiger partial charge in [0.2, 0.25) is 5.91 Å². The third-order valence-electron chi connectivity index (χ3n) is 3.55. The van der Waals surface area contributed by atoms with E-state index in [4.69, 9.17) is 0 Å². The van der Waals surface area contributed by atoms with Crippen LogP contribution in [-0.4, -0.2) is 15.7 Å². The first-order chi connectivity index (χ1) is 10.4. The Labute approximate surface area is 140 Å². The van der Waals surface area contributed by atoms with Crippen molar-refractivity contribution < 1.29 is 4.79 Å². The van der Waals surface area contributed by atoms with E-state index < -0.39 is 0 Å². The Kier molecular flexibility index (Phi) is 5.40. The molecule has 0 fully saturated rings. The van der Waals surface area contributed by atoms with E-state index in [2.05, 4.69) is 40.2 Å². The normalized spacial score (nSPS) is 11.0. The summed E-state index contributed by atoms with van der Waals surface area (Å²) in [6.45, 7) is 9.19. The Balaban J connectivity index is 2.12. The maximum Gasteiger partial charge on any atom is 0.228 e. The largest absolute Gasteiger partial charge is 0.325 e. The molecule has 4 nitrogen and oxygen atoms in total. The number of halogens is 1. The second-order valence-electron chi connectivity index (χ2n) is 5.93. The molecular formula is C17H22BrN3O. The van der Waals surface area contributed by atoms with Crippen LogP contribution >= 0.6 is 15.9 Å². The topological polar surface area (TPSA) is 46.9 Å². The van der Waals surface area contributed by atoms with Crippen molar-refractivity contribution in [3.63, 3.8) is 0 Å². The fraction of sp³-hybridized carbons (Fsp3) is 0.412. The molecule has 0 aliphatic heterocycles. The number of rotatable bonds is 5. The average Bonchev–Trinajstić information content (AvgIpc) is 2.68. The number of aryl methyl sites for hydroxylation is 1. The number of nitrogens with zero attached hydrogens (tertiary/aromatic N) is 2. The standard InChI is InChI=1S/C17H22BrN3O/c1-11(2)10-21-13(4)14(12(3)20-21)9-17(22)19-16-8-6-5-7-15(16)18/h5-8,11H,9-10H2,1-4H3,(H,19,22). The second kappa shape index (κ2) is 7.09. The molecule has 0 unspecified atom stereocenters. The minimum Gasteiger partial charge on any atom is -0.325 e. The zero-order valence-corrected chi connectivity index (χ0v) is 15.1. The minimum absolute atomic E-state index is 0.0257. The SMILES string of the molecule is Cc1nn(CC(C)C)c(C)c1CC(=O)Nc1ccccc1Br. The van der Waals surface area contributed by atoms with Crippen molar-refractivity contribution in [1.29, 1.82) is 0 Å². The molecule has 1 aromatic heterocycles. The molecule has 1 amide bonds. The molecule has 0 aliphatic rings. The van der Waals surface area contributed by atoms with Crippen LogP contribution in [0.2, 0.25) is 0 Å². The number of hydrogen-bond acceptors (Lipinski definition) is 2. The third-order valence-corrected chi connectivity index (χ3v) is 4.25. The van der Waals surface area contributed by atoms with Crippen LogP contribution in [0.1, 0.15) is 30.8 Å². The van der Waals surface area contributed by atoms with E-state index in [0.29, 0.717) is 12.3 Å². The van der Waals surface area contributed by atoms with E-state index in [9.17, 15) is 4.79 Å². The second-order valence-corrected chi connectivity index (χ2v) is 6.78. The average molecular weight is 364 g/mol. The summed E-state index contributed by atoms with van der Waals surface area (Å²) < 4.78 is 2.88. The van der Waals surface area contributed by atoms with Crippen LogP contribution in [0, 0.1) is 19.8 Å². The van der Waals surface area contributed by atoms with Crippen LogP contribution < -0.4 is 5.32 Å². The van der Waals surface area contributed by atoms with E-state index in [1.165, 1.54) is 0 Å². The van der Waals surface area contributed by atoms with Crippen LogP contribution in [0.5, 0.6) is 0 Å². The lowest BCUT2D eigenvalue weighted by molar-refractivity contribution is -0.115. The molecule has 5 heteroatoms. The molecule has 2 rings (SSSR count). The molecule has 0 spiro atoms. The van der Waals surface area contributed by atoms with Crippen molar-refractivity contribution >= 4 is 27.5 Å². The van der Waals surface area contributed by atoms with Crippen molar-refractivity contribution in [2.24, 2.45) is 5.92 Å². The monoisotopic (exact) mass is 363 g/mol. The van der Waals surface area contributed by atoms with Gasteiger partial charge in [-0.15, -0.1) is 0 Å². The number of amides is 1. The van der Waals surface area contributed by atoms with E-state index in [-0.39, 0.29) is 5.91 Å². The van der Waals surface area contributed by atoms with Gasteiger partial charge in [-0.1, -0.05) is 26.0 Å². The molecule has 1 heterocycles. The number of anilines is 1. The molecule has 0 bridgehead atoms. The fourth-order valence-electron chi connectivity index (χ4n) is 2.43. The highest BCUT2D eigenvalue weighted by Crippen LogP contribution is 2.22. The first kappa shape index (κ1) is 16.7. The van der Waals surface area contributed by atoms with Crippen molar-refractivity contribution in [2.45, 2.75) is 40.7 Å². The van der Waals surface area contributed by atoms with Crippen molar-refractivity contribution in [1.82, 2.24) is 9.78 Å². The zero-order valence-electron chi connectivity index (χ0n) is 13.5. The molecule has 0 atom stereocenters. The lowest BCUT2D eigenvalue weighted by Crippen LogP contribution is -2.16. The van der Waals surface area contributed by atoms with Gasteiger partial charge in [0, 0.05) is 22.3 Å². The molecular weight excluding hydrogens is 342 g/mol. The van der Waals surface area contributed by atoms with Gasteiger partial charge >= 0.3 is 0 Å². The summed E-state index contributed by atoms with van der Waals surface area (Å²) in [6, 6.07) is 7.61. The van der Waals surface area contributed by atoms with Crippen molar-refractivity contribution in [3.05, 3.63) is 45.7 Å². The Hall–Kier alpha value is -1.62. The maximum absolute atomic E-state index is 12.3. The lowest BCUT2D eigenvalue weighted by Gasteiger charge is -2.09.